The lowest BCUT2D eigenvalue weighted by molar-refractivity contribution is -0.122. The van der Waals surface area contributed by atoms with Gasteiger partial charge in [-0.15, -0.1) is 0 Å². The van der Waals surface area contributed by atoms with E-state index in [0.717, 1.165) is 5.69 Å². The van der Waals surface area contributed by atoms with Gasteiger partial charge in [0, 0.05) is 18.5 Å². The minimum absolute atomic E-state index is 0.191. The van der Waals surface area contributed by atoms with Crippen LogP contribution in [0.3, 0.4) is 0 Å². The Labute approximate surface area is 142 Å². The number of carbonyl (C=O) groups excluding carboxylic acids is 2. The maximum absolute atomic E-state index is 12.1. The average molecular weight is 337 g/mol. The molecule has 0 saturated heterocycles. The molecule has 3 aromatic rings. The number of amides is 2. The highest BCUT2D eigenvalue weighted by molar-refractivity contribution is 5.95. The van der Waals surface area contributed by atoms with Gasteiger partial charge in [0.1, 0.15) is 6.54 Å². The second kappa shape index (κ2) is 7.26. The lowest BCUT2D eigenvalue weighted by Gasteiger charge is -2.07. The van der Waals surface area contributed by atoms with Crippen molar-refractivity contribution in [3.05, 3.63) is 83.0 Å². The van der Waals surface area contributed by atoms with E-state index in [1.165, 1.54) is 23.0 Å². The van der Waals surface area contributed by atoms with Crippen molar-refractivity contribution in [2.75, 3.05) is 0 Å². The second-order valence-corrected chi connectivity index (χ2v) is 5.18. The molecule has 0 aliphatic rings. The van der Waals surface area contributed by atoms with E-state index in [1.807, 2.05) is 30.3 Å². The van der Waals surface area contributed by atoms with E-state index in [1.54, 1.807) is 23.0 Å². The lowest BCUT2D eigenvalue weighted by atomic mass is 10.3. The molecule has 0 aliphatic carbocycles. The van der Waals surface area contributed by atoms with Crippen LogP contribution in [0.2, 0.25) is 0 Å². The molecule has 0 bridgehead atoms. The number of pyridine rings is 1. The summed E-state index contributed by atoms with van der Waals surface area (Å²) in [5.74, 6) is -1.02. The number of benzene rings is 1. The molecule has 0 saturated carbocycles. The van der Waals surface area contributed by atoms with Crippen molar-refractivity contribution >= 4 is 11.8 Å². The summed E-state index contributed by atoms with van der Waals surface area (Å²) < 4.78 is 2.79. The third-order valence-electron chi connectivity index (χ3n) is 3.39. The third-order valence-corrected chi connectivity index (χ3v) is 3.39. The second-order valence-electron chi connectivity index (χ2n) is 5.18. The number of para-hydroxylation sites is 1. The first-order chi connectivity index (χ1) is 12.1. The fourth-order valence-electron chi connectivity index (χ4n) is 2.15. The normalized spacial score (nSPS) is 10.2. The fourth-order valence-corrected chi connectivity index (χ4v) is 2.15. The first-order valence-electron chi connectivity index (χ1n) is 7.48. The maximum Gasteiger partial charge on any atom is 0.272 e. The average Bonchev–Trinajstić information content (AvgIpc) is 3.13. The molecular formula is C17H15N5O3. The Bertz CT molecular complexity index is 946. The number of nitrogens with zero attached hydrogens (tertiary/aromatic N) is 3. The van der Waals surface area contributed by atoms with Crippen LogP contribution in [0.1, 0.15) is 10.4 Å². The molecule has 8 heteroatoms. The Hall–Kier alpha value is -3.68. The molecule has 3 rings (SSSR count). The predicted octanol–water partition coefficient (Wildman–Crippen LogP) is 0.495. The van der Waals surface area contributed by atoms with Gasteiger partial charge in [-0.2, -0.15) is 5.10 Å². The molecule has 0 aliphatic heterocycles. The summed E-state index contributed by atoms with van der Waals surface area (Å²) in [6, 6.07) is 13.9. The van der Waals surface area contributed by atoms with Crippen LogP contribution in [-0.4, -0.2) is 26.2 Å². The zero-order valence-corrected chi connectivity index (χ0v) is 13.1. The monoisotopic (exact) mass is 337 g/mol. The van der Waals surface area contributed by atoms with Crippen molar-refractivity contribution in [1.29, 1.82) is 0 Å². The Morgan fingerprint density at radius 1 is 1.00 bits per heavy atom. The first kappa shape index (κ1) is 16.2. The molecule has 0 fully saturated rings. The van der Waals surface area contributed by atoms with Crippen molar-refractivity contribution in [3.63, 3.8) is 0 Å². The van der Waals surface area contributed by atoms with Gasteiger partial charge in [0.2, 0.25) is 0 Å². The van der Waals surface area contributed by atoms with E-state index in [0.29, 0.717) is 5.56 Å². The number of nitrogens with one attached hydrogen (secondary N) is 2. The van der Waals surface area contributed by atoms with Gasteiger partial charge >= 0.3 is 0 Å². The maximum atomic E-state index is 12.1. The number of hydrazine groups is 1. The van der Waals surface area contributed by atoms with Crippen LogP contribution in [0.5, 0.6) is 0 Å². The standard InChI is InChI=1S/C17H15N5O3/c23-15(12-21-9-5-4-8-16(21)24)19-20-17(25)13-10-18-22(11-13)14-6-2-1-3-7-14/h1-11H,12H2,(H,19,23)(H,20,25). The molecule has 0 radical (unpaired) electrons. The van der Waals surface area contributed by atoms with Gasteiger partial charge in [0.25, 0.3) is 17.4 Å². The molecule has 0 spiro atoms. The molecule has 0 atom stereocenters. The summed E-state index contributed by atoms with van der Waals surface area (Å²) in [5.41, 5.74) is 5.37. The van der Waals surface area contributed by atoms with Crippen LogP contribution in [0, 0.1) is 0 Å². The molecule has 2 N–H and O–H groups in total. The number of hydrogen-bond acceptors (Lipinski definition) is 4. The molecule has 0 unspecified atom stereocenters. The van der Waals surface area contributed by atoms with Crippen LogP contribution in [0.15, 0.2) is 71.9 Å². The fraction of sp³-hybridized carbons (Fsp3) is 0.0588. The molecule has 8 nitrogen and oxygen atoms in total. The highest BCUT2D eigenvalue weighted by Gasteiger charge is 2.11. The van der Waals surface area contributed by atoms with Gasteiger partial charge in [-0.3, -0.25) is 25.2 Å². The summed E-state index contributed by atoms with van der Waals surface area (Å²) >= 11 is 0. The summed E-state index contributed by atoms with van der Waals surface area (Å²) in [6.07, 6.45) is 4.45. The third kappa shape index (κ3) is 3.99. The van der Waals surface area contributed by atoms with E-state index < -0.39 is 11.8 Å². The van der Waals surface area contributed by atoms with E-state index in [4.69, 9.17) is 0 Å². The summed E-state index contributed by atoms with van der Waals surface area (Å²) in [6.45, 7) is -0.191. The number of hydrogen-bond donors (Lipinski definition) is 2. The van der Waals surface area contributed by atoms with Gasteiger partial charge in [-0.25, -0.2) is 4.68 Å². The Balaban J connectivity index is 1.58. The summed E-state index contributed by atoms with van der Waals surface area (Å²) in [7, 11) is 0. The lowest BCUT2D eigenvalue weighted by Crippen LogP contribution is -2.44. The smallest absolute Gasteiger partial charge is 0.272 e. The highest BCUT2D eigenvalue weighted by Crippen LogP contribution is 2.07. The molecular weight excluding hydrogens is 322 g/mol. The van der Waals surface area contributed by atoms with Gasteiger partial charge in [0.15, 0.2) is 0 Å². The van der Waals surface area contributed by atoms with Crippen LogP contribution in [-0.2, 0) is 11.3 Å². The van der Waals surface area contributed by atoms with Crippen LogP contribution >= 0.6 is 0 Å². The van der Waals surface area contributed by atoms with Crippen LogP contribution < -0.4 is 16.4 Å². The summed E-state index contributed by atoms with van der Waals surface area (Å²) in [4.78, 5) is 35.4. The molecule has 1 aromatic carbocycles. The molecule has 2 aromatic heterocycles. The highest BCUT2D eigenvalue weighted by atomic mass is 16.2. The SMILES string of the molecule is O=C(Cn1ccccc1=O)NNC(=O)c1cnn(-c2ccccc2)c1. The van der Waals surface area contributed by atoms with E-state index >= 15 is 0 Å². The molecule has 2 heterocycles. The van der Waals surface area contributed by atoms with E-state index in [2.05, 4.69) is 16.0 Å². The quantitative estimate of drug-likeness (QED) is 0.677. The van der Waals surface area contributed by atoms with Crippen molar-refractivity contribution in [3.8, 4) is 5.69 Å². The van der Waals surface area contributed by atoms with E-state index in [-0.39, 0.29) is 12.1 Å². The Morgan fingerprint density at radius 2 is 1.76 bits per heavy atom. The molecule has 2 amide bonds. The number of aromatic nitrogens is 3. The van der Waals surface area contributed by atoms with Crippen molar-refractivity contribution in [2.45, 2.75) is 6.54 Å². The number of rotatable bonds is 4. The first-order valence-corrected chi connectivity index (χ1v) is 7.48. The predicted molar refractivity (Wildman–Crippen MR) is 89.9 cm³/mol. The summed E-state index contributed by atoms with van der Waals surface area (Å²) in [5, 5.41) is 4.11. The van der Waals surface area contributed by atoms with Gasteiger partial charge in [0.05, 0.1) is 17.4 Å². The van der Waals surface area contributed by atoms with Gasteiger partial charge in [-0.05, 0) is 18.2 Å². The number of carbonyl (C=O) groups is 2. The van der Waals surface area contributed by atoms with Crippen molar-refractivity contribution in [2.24, 2.45) is 0 Å². The topological polar surface area (TPSA) is 98.0 Å². The molecule has 25 heavy (non-hydrogen) atoms. The van der Waals surface area contributed by atoms with Crippen molar-refractivity contribution < 1.29 is 9.59 Å². The van der Waals surface area contributed by atoms with Crippen LogP contribution in [0.4, 0.5) is 0 Å². The minimum atomic E-state index is -0.517. The zero-order chi connectivity index (χ0) is 17.6. The Kier molecular flexibility index (Phi) is 4.70. The largest absolute Gasteiger partial charge is 0.306 e. The van der Waals surface area contributed by atoms with Crippen molar-refractivity contribution in [1.82, 2.24) is 25.2 Å². The Morgan fingerprint density at radius 3 is 2.52 bits per heavy atom. The van der Waals surface area contributed by atoms with Gasteiger partial charge in [-0.1, -0.05) is 24.3 Å². The molecule has 126 valence electrons. The van der Waals surface area contributed by atoms with Crippen LogP contribution in [0.25, 0.3) is 5.69 Å². The van der Waals surface area contributed by atoms with Gasteiger partial charge < -0.3 is 4.57 Å². The zero-order valence-electron chi connectivity index (χ0n) is 13.1. The minimum Gasteiger partial charge on any atom is -0.306 e. The van der Waals surface area contributed by atoms with E-state index in [9.17, 15) is 14.4 Å².